The molecule has 0 bridgehead atoms. The number of carbonyl (C=O) groups excluding carboxylic acids is 1. The van der Waals surface area contributed by atoms with E-state index in [-0.39, 0.29) is 5.91 Å². The van der Waals surface area contributed by atoms with E-state index in [4.69, 9.17) is 21.1 Å². The fourth-order valence-corrected chi connectivity index (χ4v) is 4.08. The van der Waals surface area contributed by atoms with Gasteiger partial charge in [-0.2, -0.15) is 0 Å². The quantitative estimate of drug-likeness (QED) is 0.658. The molecule has 156 valence electrons. The molecule has 0 radical (unpaired) electrons. The maximum Gasteiger partial charge on any atom is 0.224 e. The molecule has 5 nitrogen and oxygen atoms in total. The van der Waals surface area contributed by atoms with Gasteiger partial charge in [0.1, 0.15) is 11.5 Å². The highest BCUT2D eigenvalue weighted by Gasteiger charge is 2.21. The van der Waals surface area contributed by atoms with Gasteiger partial charge in [-0.3, -0.25) is 9.69 Å². The maximum absolute atomic E-state index is 12.3. The number of methoxy groups -OCH3 is 2. The molecule has 0 aromatic heterocycles. The van der Waals surface area contributed by atoms with E-state index in [0.29, 0.717) is 28.8 Å². The lowest BCUT2D eigenvalue weighted by molar-refractivity contribution is -0.116. The van der Waals surface area contributed by atoms with Crippen molar-refractivity contribution in [1.29, 1.82) is 0 Å². The first-order valence-corrected chi connectivity index (χ1v) is 10.4. The number of rotatable bonds is 8. The van der Waals surface area contributed by atoms with Crippen molar-refractivity contribution < 1.29 is 14.3 Å². The second-order valence-corrected chi connectivity index (χ2v) is 7.93. The number of ether oxygens (including phenoxy) is 2. The molecule has 29 heavy (non-hydrogen) atoms. The van der Waals surface area contributed by atoms with Gasteiger partial charge < -0.3 is 14.8 Å². The highest BCUT2D eigenvalue weighted by molar-refractivity contribution is 6.32. The summed E-state index contributed by atoms with van der Waals surface area (Å²) in [6, 6.07) is 13.5. The third-order valence-electron chi connectivity index (χ3n) is 5.38. The largest absolute Gasteiger partial charge is 0.497 e. The van der Waals surface area contributed by atoms with Gasteiger partial charge in [0.15, 0.2) is 0 Å². The van der Waals surface area contributed by atoms with E-state index in [9.17, 15) is 4.79 Å². The van der Waals surface area contributed by atoms with Gasteiger partial charge in [0.25, 0.3) is 0 Å². The summed E-state index contributed by atoms with van der Waals surface area (Å²) in [5.41, 5.74) is 1.99. The summed E-state index contributed by atoms with van der Waals surface area (Å²) in [6.45, 7) is 3.09. The van der Waals surface area contributed by atoms with Crippen molar-refractivity contribution in [2.75, 3.05) is 32.6 Å². The molecule has 2 aromatic rings. The lowest BCUT2D eigenvalue weighted by Gasteiger charge is -2.32. The fourth-order valence-electron chi connectivity index (χ4n) is 3.82. The van der Waals surface area contributed by atoms with Crippen LogP contribution in [0.25, 0.3) is 0 Å². The topological polar surface area (TPSA) is 50.8 Å². The van der Waals surface area contributed by atoms with Gasteiger partial charge in [-0.05, 0) is 67.6 Å². The number of hydrogen-bond acceptors (Lipinski definition) is 4. The monoisotopic (exact) mass is 416 g/mol. The van der Waals surface area contributed by atoms with E-state index >= 15 is 0 Å². The van der Waals surface area contributed by atoms with Gasteiger partial charge in [-0.15, -0.1) is 0 Å². The molecule has 1 aliphatic rings. The van der Waals surface area contributed by atoms with E-state index in [1.165, 1.54) is 18.4 Å². The Hall–Kier alpha value is -2.24. The molecular weight excluding hydrogens is 388 g/mol. The first-order valence-electron chi connectivity index (χ1n) is 10.1. The van der Waals surface area contributed by atoms with Crippen molar-refractivity contribution in [3.8, 4) is 11.5 Å². The average Bonchev–Trinajstić information content (AvgIpc) is 2.73. The molecular formula is C23H29ClN2O3. The molecule has 1 N–H and O–H groups in total. The second-order valence-electron chi connectivity index (χ2n) is 7.53. The Labute approximate surface area is 177 Å². The second kappa shape index (κ2) is 10.5. The van der Waals surface area contributed by atoms with Crippen LogP contribution in [-0.2, 0) is 11.3 Å². The van der Waals surface area contributed by atoms with Gasteiger partial charge in [0.05, 0.1) is 19.2 Å². The lowest BCUT2D eigenvalue weighted by atomic mass is 9.93. The summed E-state index contributed by atoms with van der Waals surface area (Å²) >= 11 is 6.12. The summed E-state index contributed by atoms with van der Waals surface area (Å²) in [5, 5.41) is 3.42. The average molecular weight is 417 g/mol. The number of piperidine rings is 1. The molecule has 1 heterocycles. The van der Waals surface area contributed by atoms with Crippen LogP contribution in [0.4, 0.5) is 5.69 Å². The molecule has 0 aliphatic carbocycles. The van der Waals surface area contributed by atoms with Crippen LogP contribution in [0.3, 0.4) is 0 Å². The van der Waals surface area contributed by atoms with E-state index in [0.717, 1.165) is 31.8 Å². The number of carbonyl (C=O) groups is 1. The SMILES string of the molecule is COc1ccc(CN2CCC[C@@H](CCC(=O)Nc3ccc(OC)c(Cl)c3)C2)cc1. The Morgan fingerprint density at radius 2 is 1.97 bits per heavy atom. The Bertz CT molecular complexity index is 810. The number of halogens is 1. The molecule has 0 saturated carbocycles. The number of hydrogen-bond donors (Lipinski definition) is 1. The Morgan fingerprint density at radius 3 is 2.66 bits per heavy atom. The standard InChI is InChI=1S/C23H29ClN2O3/c1-28-20-9-5-18(6-10-20)16-26-13-3-4-17(15-26)7-12-23(27)25-19-8-11-22(29-2)21(24)14-19/h5-6,8-11,14,17H,3-4,7,12-13,15-16H2,1-2H3,(H,25,27)/t17-/m0/s1. The van der Waals surface area contributed by atoms with Crippen LogP contribution in [-0.4, -0.2) is 38.1 Å². The smallest absolute Gasteiger partial charge is 0.224 e. The number of amides is 1. The summed E-state index contributed by atoms with van der Waals surface area (Å²) in [6.07, 6.45) is 3.77. The number of anilines is 1. The molecule has 0 unspecified atom stereocenters. The third kappa shape index (κ3) is 6.38. The van der Waals surface area contributed by atoms with Crippen molar-refractivity contribution >= 4 is 23.2 Å². The van der Waals surface area contributed by atoms with Gasteiger partial charge in [-0.25, -0.2) is 0 Å². The Kier molecular flexibility index (Phi) is 7.78. The Balaban J connectivity index is 1.45. The number of benzene rings is 2. The molecule has 6 heteroatoms. The van der Waals surface area contributed by atoms with E-state index < -0.39 is 0 Å². The third-order valence-corrected chi connectivity index (χ3v) is 5.68. The zero-order valence-electron chi connectivity index (χ0n) is 17.1. The summed E-state index contributed by atoms with van der Waals surface area (Å²) in [7, 11) is 3.26. The zero-order chi connectivity index (χ0) is 20.6. The van der Waals surface area contributed by atoms with Gasteiger partial charge in [0.2, 0.25) is 5.91 Å². The highest BCUT2D eigenvalue weighted by Crippen LogP contribution is 2.28. The fraction of sp³-hybridized carbons (Fsp3) is 0.435. The number of nitrogens with zero attached hydrogens (tertiary/aromatic N) is 1. The van der Waals surface area contributed by atoms with Gasteiger partial charge in [-0.1, -0.05) is 23.7 Å². The first-order chi connectivity index (χ1) is 14.1. The summed E-state index contributed by atoms with van der Waals surface area (Å²) in [4.78, 5) is 14.8. The van der Waals surface area contributed by atoms with Crippen LogP contribution in [0.15, 0.2) is 42.5 Å². The van der Waals surface area contributed by atoms with E-state index in [1.807, 2.05) is 12.1 Å². The van der Waals surface area contributed by atoms with Crippen LogP contribution in [0.2, 0.25) is 5.02 Å². The van der Waals surface area contributed by atoms with Crippen molar-refractivity contribution in [1.82, 2.24) is 4.90 Å². The number of nitrogens with one attached hydrogen (secondary N) is 1. The lowest BCUT2D eigenvalue weighted by Crippen LogP contribution is -2.35. The molecule has 3 rings (SSSR count). The summed E-state index contributed by atoms with van der Waals surface area (Å²) < 4.78 is 10.4. The van der Waals surface area contributed by atoms with Crippen LogP contribution in [0.1, 0.15) is 31.2 Å². The van der Waals surface area contributed by atoms with Crippen molar-refractivity contribution in [2.24, 2.45) is 5.92 Å². The predicted octanol–water partition coefficient (Wildman–Crippen LogP) is 4.99. The first kappa shape index (κ1) is 21.5. The Morgan fingerprint density at radius 1 is 1.17 bits per heavy atom. The molecule has 1 fully saturated rings. The minimum atomic E-state index is 0.0264. The van der Waals surface area contributed by atoms with Crippen LogP contribution >= 0.6 is 11.6 Å². The summed E-state index contributed by atoms with van der Waals surface area (Å²) in [5.74, 6) is 2.06. The van der Waals surface area contributed by atoms with E-state index in [1.54, 1.807) is 32.4 Å². The number of likely N-dealkylation sites (tertiary alicyclic amines) is 1. The molecule has 1 aliphatic heterocycles. The predicted molar refractivity (Wildman–Crippen MR) is 117 cm³/mol. The van der Waals surface area contributed by atoms with Crippen LogP contribution in [0.5, 0.6) is 11.5 Å². The minimum absolute atomic E-state index is 0.0264. The van der Waals surface area contributed by atoms with Crippen molar-refractivity contribution in [2.45, 2.75) is 32.2 Å². The van der Waals surface area contributed by atoms with E-state index in [2.05, 4.69) is 22.3 Å². The normalized spacial score (nSPS) is 17.0. The zero-order valence-corrected chi connectivity index (χ0v) is 17.9. The minimum Gasteiger partial charge on any atom is -0.497 e. The molecule has 2 aromatic carbocycles. The van der Waals surface area contributed by atoms with Crippen molar-refractivity contribution in [3.63, 3.8) is 0 Å². The van der Waals surface area contributed by atoms with Crippen LogP contribution < -0.4 is 14.8 Å². The molecule has 0 spiro atoms. The van der Waals surface area contributed by atoms with Gasteiger partial charge >= 0.3 is 0 Å². The molecule has 1 amide bonds. The maximum atomic E-state index is 12.3. The molecule has 1 atom stereocenters. The highest BCUT2D eigenvalue weighted by atomic mass is 35.5. The van der Waals surface area contributed by atoms with Crippen molar-refractivity contribution in [3.05, 3.63) is 53.1 Å². The van der Waals surface area contributed by atoms with Crippen LogP contribution in [0, 0.1) is 5.92 Å². The molecule has 1 saturated heterocycles. The van der Waals surface area contributed by atoms with Gasteiger partial charge in [0, 0.05) is 25.2 Å².